The fourth-order valence-electron chi connectivity index (χ4n) is 0.847. The summed E-state index contributed by atoms with van der Waals surface area (Å²) in [5, 5.41) is -0.703. The summed E-state index contributed by atoms with van der Waals surface area (Å²) >= 11 is 5.15. The lowest BCUT2D eigenvalue weighted by Gasteiger charge is -2.00. The minimum atomic E-state index is -3.26. The van der Waals surface area contributed by atoms with E-state index in [2.05, 4.69) is 4.98 Å². The van der Waals surface area contributed by atoms with Gasteiger partial charge in [-0.25, -0.2) is 8.42 Å². The van der Waals surface area contributed by atoms with Gasteiger partial charge in [-0.05, 0) is 23.7 Å². The lowest BCUT2D eigenvalue weighted by Crippen LogP contribution is -2.05. The third-order valence-corrected chi connectivity index (χ3v) is 3.59. The van der Waals surface area contributed by atoms with E-state index in [4.69, 9.17) is 11.6 Å². The minimum Gasteiger partial charge on any atom is -0.274 e. The van der Waals surface area contributed by atoms with Crippen molar-refractivity contribution in [2.75, 3.05) is 5.75 Å². The van der Waals surface area contributed by atoms with Crippen molar-refractivity contribution in [1.29, 1.82) is 0 Å². The molecule has 0 radical (unpaired) electrons. The summed E-state index contributed by atoms with van der Waals surface area (Å²) in [5.74, 6) is 0.00283. The molecule has 0 fully saturated rings. The Kier molecular flexibility index (Phi) is 3.23. The fraction of sp³-hybridized carbons (Fsp3) is 0.250. The molecule has 0 unspecified atom stereocenters. The van der Waals surface area contributed by atoms with E-state index in [9.17, 15) is 13.2 Å². The molecule has 0 saturated carbocycles. The summed E-state index contributed by atoms with van der Waals surface area (Å²) < 4.78 is 22.6. The van der Waals surface area contributed by atoms with Crippen LogP contribution in [0.1, 0.15) is 17.4 Å². The first-order valence-corrected chi connectivity index (χ1v) is 5.89. The summed E-state index contributed by atoms with van der Waals surface area (Å²) in [7, 11) is -3.26. The van der Waals surface area contributed by atoms with Gasteiger partial charge in [0, 0.05) is 6.20 Å². The SMILES string of the molecule is CCS(=O)(=O)c1ccc(C(=O)Cl)nc1. The van der Waals surface area contributed by atoms with E-state index in [0.29, 0.717) is 0 Å². The number of nitrogens with zero attached hydrogens (tertiary/aromatic N) is 1. The van der Waals surface area contributed by atoms with E-state index in [1.54, 1.807) is 0 Å². The van der Waals surface area contributed by atoms with Crippen LogP contribution in [0.3, 0.4) is 0 Å². The molecule has 0 atom stereocenters. The highest BCUT2D eigenvalue weighted by Crippen LogP contribution is 2.10. The summed E-state index contributed by atoms with van der Waals surface area (Å²) in [6.07, 6.45) is 1.13. The summed E-state index contributed by atoms with van der Waals surface area (Å²) in [5.41, 5.74) is 0.0433. The number of rotatable bonds is 3. The molecule has 1 rings (SSSR count). The highest BCUT2D eigenvalue weighted by atomic mass is 35.5. The van der Waals surface area contributed by atoms with Crippen LogP contribution in [0.25, 0.3) is 0 Å². The Morgan fingerprint density at radius 2 is 2.14 bits per heavy atom. The number of carbonyl (C=O) groups is 1. The minimum absolute atomic E-state index is 0.00283. The zero-order valence-electron chi connectivity index (χ0n) is 7.40. The maximum atomic E-state index is 11.3. The van der Waals surface area contributed by atoms with Crippen LogP contribution >= 0.6 is 11.6 Å². The second-order valence-corrected chi connectivity index (χ2v) is 5.18. The van der Waals surface area contributed by atoms with Crippen LogP contribution in [0.15, 0.2) is 23.2 Å². The van der Waals surface area contributed by atoms with Gasteiger partial charge in [0.05, 0.1) is 10.6 Å². The average Bonchev–Trinajstić information content (AvgIpc) is 2.18. The fourth-order valence-corrected chi connectivity index (χ4v) is 1.78. The van der Waals surface area contributed by atoms with Gasteiger partial charge in [-0.1, -0.05) is 6.92 Å². The summed E-state index contributed by atoms with van der Waals surface area (Å²) in [4.78, 5) is 14.4. The number of pyridine rings is 1. The Morgan fingerprint density at radius 3 is 2.50 bits per heavy atom. The van der Waals surface area contributed by atoms with Gasteiger partial charge >= 0.3 is 0 Å². The molecule has 0 aliphatic heterocycles. The van der Waals surface area contributed by atoms with Gasteiger partial charge in [-0.2, -0.15) is 0 Å². The normalized spacial score (nSPS) is 11.3. The summed E-state index contributed by atoms with van der Waals surface area (Å²) in [6.45, 7) is 1.54. The zero-order chi connectivity index (χ0) is 10.8. The Balaban J connectivity index is 3.12. The molecule has 1 aromatic heterocycles. The van der Waals surface area contributed by atoms with E-state index >= 15 is 0 Å². The number of hydrogen-bond acceptors (Lipinski definition) is 4. The molecule has 0 spiro atoms. The maximum absolute atomic E-state index is 11.3. The van der Waals surface area contributed by atoms with Crippen LogP contribution in [-0.4, -0.2) is 24.4 Å². The van der Waals surface area contributed by atoms with Crippen LogP contribution in [0.2, 0.25) is 0 Å². The quantitative estimate of drug-likeness (QED) is 0.738. The van der Waals surface area contributed by atoms with Crippen molar-refractivity contribution in [1.82, 2.24) is 4.98 Å². The molecule has 0 bridgehead atoms. The molecule has 0 N–H and O–H groups in total. The molecule has 6 heteroatoms. The average molecular weight is 234 g/mol. The second kappa shape index (κ2) is 4.06. The number of hydrogen-bond donors (Lipinski definition) is 0. The summed E-state index contributed by atoms with van der Waals surface area (Å²) in [6, 6.07) is 2.61. The molecule has 1 aromatic rings. The molecule has 14 heavy (non-hydrogen) atoms. The van der Waals surface area contributed by atoms with Crippen LogP contribution in [-0.2, 0) is 9.84 Å². The van der Waals surface area contributed by atoms with E-state index < -0.39 is 15.1 Å². The molecule has 0 amide bonds. The van der Waals surface area contributed by atoms with Crippen LogP contribution in [0.5, 0.6) is 0 Å². The molecule has 76 valence electrons. The molecule has 4 nitrogen and oxygen atoms in total. The van der Waals surface area contributed by atoms with Crippen molar-refractivity contribution < 1.29 is 13.2 Å². The Labute approximate surface area is 86.8 Å². The van der Waals surface area contributed by atoms with Gasteiger partial charge in [0.15, 0.2) is 9.84 Å². The monoisotopic (exact) mass is 233 g/mol. The Hall–Kier alpha value is -0.940. The lowest BCUT2D eigenvalue weighted by atomic mass is 10.4. The van der Waals surface area contributed by atoms with Gasteiger partial charge in [-0.3, -0.25) is 9.78 Å². The molecule has 1 heterocycles. The first-order chi connectivity index (χ1) is 6.47. The number of halogens is 1. The van der Waals surface area contributed by atoms with Crippen molar-refractivity contribution in [2.24, 2.45) is 0 Å². The van der Waals surface area contributed by atoms with E-state index in [-0.39, 0.29) is 16.3 Å². The van der Waals surface area contributed by atoms with Crippen molar-refractivity contribution in [3.05, 3.63) is 24.0 Å². The molecular weight excluding hydrogens is 226 g/mol. The van der Waals surface area contributed by atoms with Gasteiger partial charge in [0.2, 0.25) is 0 Å². The molecule has 0 saturated heterocycles. The third kappa shape index (κ3) is 2.30. The van der Waals surface area contributed by atoms with Crippen molar-refractivity contribution in [3.63, 3.8) is 0 Å². The standard InChI is InChI=1S/C8H8ClNO3S/c1-2-14(12,13)6-3-4-7(8(9)11)10-5-6/h3-5H,2H2,1H3. The topological polar surface area (TPSA) is 64.1 Å². The van der Waals surface area contributed by atoms with E-state index in [1.165, 1.54) is 19.1 Å². The highest BCUT2D eigenvalue weighted by Gasteiger charge is 2.12. The predicted octanol–water partition coefficient (Wildman–Crippen LogP) is 1.25. The van der Waals surface area contributed by atoms with Gasteiger partial charge in [0.25, 0.3) is 5.24 Å². The first-order valence-electron chi connectivity index (χ1n) is 3.86. The van der Waals surface area contributed by atoms with Crippen LogP contribution in [0, 0.1) is 0 Å². The first kappa shape index (κ1) is 11.1. The van der Waals surface area contributed by atoms with Crippen LogP contribution in [0.4, 0.5) is 0 Å². The maximum Gasteiger partial charge on any atom is 0.270 e. The van der Waals surface area contributed by atoms with Gasteiger partial charge in [0.1, 0.15) is 5.69 Å². The van der Waals surface area contributed by atoms with Crippen LogP contribution < -0.4 is 0 Å². The van der Waals surface area contributed by atoms with Gasteiger partial charge in [-0.15, -0.1) is 0 Å². The Morgan fingerprint density at radius 1 is 1.50 bits per heavy atom. The van der Waals surface area contributed by atoms with Gasteiger partial charge < -0.3 is 0 Å². The molecule has 0 aromatic carbocycles. The molecule has 0 aliphatic carbocycles. The van der Waals surface area contributed by atoms with Crippen molar-refractivity contribution >= 4 is 26.7 Å². The van der Waals surface area contributed by atoms with Crippen molar-refractivity contribution in [3.8, 4) is 0 Å². The lowest BCUT2D eigenvalue weighted by molar-refractivity contribution is 0.107. The predicted molar refractivity (Wildman–Crippen MR) is 52.1 cm³/mol. The second-order valence-electron chi connectivity index (χ2n) is 2.56. The highest BCUT2D eigenvalue weighted by molar-refractivity contribution is 7.91. The van der Waals surface area contributed by atoms with E-state index in [0.717, 1.165) is 6.20 Å². The molecule has 0 aliphatic rings. The third-order valence-electron chi connectivity index (χ3n) is 1.68. The number of aromatic nitrogens is 1. The number of carbonyl (C=O) groups excluding carboxylic acids is 1. The molecular formula is C8H8ClNO3S. The largest absolute Gasteiger partial charge is 0.274 e. The Bertz CT molecular complexity index is 438. The van der Waals surface area contributed by atoms with Crippen molar-refractivity contribution in [2.45, 2.75) is 11.8 Å². The number of sulfone groups is 1. The zero-order valence-corrected chi connectivity index (χ0v) is 8.97. The van der Waals surface area contributed by atoms with E-state index in [1.807, 2.05) is 0 Å². The smallest absolute Gasteiger partial charge is 0.270 e.